The van der Waals surface area contributed by atoms with Gasteiger partial charge in [0, 0.05) is 0 Å². The van der Waals surface area contributed by atoms with Crippen molar-refractivity contribution < 1.29 is 9.53 Å². The van der Waals surface area contributed by atoms with Crippen LogP contribution in [0.5, 0.6) is 5.75 Å². The van der Waals surface area contributed by atoms with Gasteiger partial charge in [-0.3, -0.25) is 4.79 Å². The molecule has 0 aromatic heterocycles. The molecule has 152 valence electrons. The van der Waals surface area contributed by atoms with Gasteiger partial charge in [0.15, 0.2) is 6.61 Å². The molecule has 0 saturated carbocycles. The van der Waals surface area contributed by atoms with Gasteiger partial charge in [0.05, 0.1) is 6.04 Å². The minimum atomic E-state index is -0.0946. The zero-order valence-electron chi connectivity index (χ0n) is 18.4. The van der Waals surface area contributed by atoms with E-state index in [1.165, 1.54) is 5.56 Å². The van der Waals surface area contributed by atoms with E-state index in [9.17, 15) is 4.79 Å². The minimum absolute atomic E-state index is 0.0243. The maximum atomic E-state index is 12.6. The zero-order valence-corrected chi connectivity index (χ0v) is 18.4. The van der Waals surface area contributed by atoms with Gasteiger partial charge in [0.1, 0.15) is 5.75 Å². The van der Waals surface area contributed by atoms with Crippen LogP contribution < -0.4 is 10.1 Å². The second-order valence-corrected chi connectivity index (χ2v) is 8.60. The topological polar surface area (TPSA) is 38.3 Å². The highest BCUT2D eigenvalue weighted by Gasteiger charge is 2.19. The molecule has 1 amide bonds. The van der Waals surface area contributed by atoms with Crippen LogP contribution in [0.25, 0.3) is 0 Å². The van der Waals surface area contributed by atoms with Crippen molar-refractivity contribution in [3.8, 4) is 5.75 Å². The van der Waals surface area contributed by atoms with E-state index in [0.29, 0.717) is 17.8 Å². The van der Waals surface area contributed by atoms with Crippen molar-refractivity contribution in [3.63, 3.8) is 0 Å². The Bertz CT molecular complexity index is 776. The smallest absolute Gasteiger partial charge is 0.258 e. The SMILES string of the molecule is Cc1ccc(C(C)C)c(OCC(=O)N[C@H](c2ccc(C(C)C)cc2)C(C)C)c1. The van der Waals surface area contributed by atoms with Crippen molar-refractivity contribution in [2.24, 2.45) is 5.92 Å². The molecular weight excluding hydrogens is 346 g/mol. The molecule has 0 saturated heterocycles. The van der Waals surface area contributed by atoms with Gasteiger partial charge in [-0.2, -0.15) is 0 Å². The first-order valence-electron chi connectivity index (χ1n) is 10.3. The predicted molar refractivity (Wildman–Crippen MR) is 117 cm³/mol. The molecule has 0 unspecified atom stereocenters. The summed E-state index contributed by atoms with van der Waals surface area (Å²) in [6.07, 6.45) is 0. The van der Waals surface area contributed by atoms with Crippen LogP contribution in [0.4, 0.5) is 0 Å². The summed E-state index contributed by atoms with van der Waals surface area (Å²) in [4.78, 5) is 12.6. The molecule has 3 nitrogen and oxygen atoms in total. The monoisotopic (exact) mass is 381 g/mol. The molecule has 2 aromatic carbocycles. The van der Waals surface area contributed by atoms with E-state index in [0.717, 1.165) is 22.4 Å². The molecule has 0 fully saturated rings. The number of hydrogen-bond acceptors (Lipinski definition) is 2. The summed E-state index contributed by atoms with van der Waals surface area (Å²) in [6, 6.07) is 14.7. The normalized spacial score (nSPS) is 12.5. The average molecular weight is 382 g/mol. The Hall–Kier alpha value is -2.29. The molecule has 2 aromatic rings. The van der Waals surface area contributed by atoms with Crippen LogP contribution in [0.2, 0.25) is 0 Å². The van der Waals surface area contributed by atoms with Crippen molar-refractivity contribution in [2.45, 2.75) is 66.3 Å². The Morgan fingerprint density at radius 3 is 2.04 bits per heavy atom. The maximum Gasteiger partial charge on any atom is 0.258 e. The third kappa shape index (κ3) is 5.85. The summed E-state index contributed by atoms with van der Waals surface area (Å²) in [5.74, 6) is 1.84. The highest BCUT2D eigenvalue weighted by atomic mass is 16.5. The van der Waals surface area contributed by atoms with Crippen molar-refractivity contribution in [1.29, 1.82) is 0 Å². The quantitative estimate of drug-likeness (QED) is 0.597. The fourth-order valence-electron chi connectivity index (χ4n) is 3.33. The Balaban J connectivity index is 2.06. The van der Waals surface area contributed by atoms with Gasteiger partial charge in [-0.1, -0.05) is 77.9 Å². The average Bonchev–Trinajstić information content (AvgIpc) is 2.64. The minimum Gasteiger partial charge on any atom is -0.483 e. The van der Waals surface area contributed by atoms with Gasteiger partial charge in [-0.25, -0.2) is 0 Å². The molecular formula is C25H35NO2. The summed E-state index contributed by atoms with van der Waals surface area (Å²) in [5, 5.41) is 3.15. The van der Waals surface area contributed by atoms with Crippen molar-refractivity contribution in [1.82, 2.24) is 5.32 Å². The lowest BCUT2D eigenvalue weighted by atomic mass is 9.93. The first-order chi connectivity index (χ1) is 13.2. The van der Waals surface area contributed by atoms with Crippen LogP contribution in [0.3, 0.4) is 0 Å². The molecule has 0 bridgehead atoms. The molecule has 0 aliphatic rings. The number of nitrogens with one attached hydrogen (secondary N) is 1. The summed E-state index contributed by atoms with van der Waals surface area (Å²) < 4.78 is 5.90. The van der Waals surface area contributed by atoms with E-state index in [1.54, 1.807) is 0 Å². The van der Waals surface area contributed by atoms with E-state index in [4.69, 9.17) is 4.74 Å². The number of carbonyl (C=O) groups excluding carboxylic acids is 1. The largest absolute Gasteiger partial charge is 0.483 e. The fraction of sp³-hybridized carbons (Fsp3) is 0.480. The number of rotatable bonds is 8. The Labute approximate surface area is 170 Å². The number of carbonyl (C=O) groups is 1. The van der Waals surface area contributed by atoms with Crippen molar-refractivity contribution in [3.05, 3.63) is 64.7 Å². The molecule has 3 heteroatoms. The van der Waals surface area contributed by atoms with Crippen LogP contribution in [0.15, 0.2) is 42.5 Å². The summed E-state index contributed by atoms with van der Waals surface area (Å²) in [5.41, 5.74) is 4.70. The van der Waals surface area contributed by atoms with Crippen molar-refractivity contribution in [2.75, 3.05) is 6.61 Å². The molecule has 0 aliphatic heterocycles. The third-order valence-electron chi connectivity index (χ3n) is 5.10. The Morgan fingerprint density at radius 1 is 0.893 bits per heavy atom. The van der Waals surface area contributed by atoms with Crippen LogP contribution in [-0.4, -0.2) is 12.5 Å². The van der Waals surface area contributed by atoms with Gasteiger partial charge in [0.25, 0.3) is 5.91 Å². The van der Waals surface area contributed by atoms with E-state index < -0.39 is 0 Å². The number of ether oxygens (including phenoxy) is 1. The number of amides is 1. The van der Waals surface area contributed by atoms with Crippen LogP contribution in [-0.2, 0) is 4.79 Å². The van der Waals surface area contributed by atoms with E-state index in [2.05, 4.69) is 83.3 Å². The summed E-state index contributed by atoms with van der Waals surface area (Å²) in [6.45, 7) is 14.9. The lowest BCUT2D eigenvalue weighted by molar-refractivity contribution is -0.124. The standard InChI is InChI=1S/C25H35NO2/c1-16(2)20-9-11-21(12-10-20)25(18(5)6)26-24(27)15-28-23-14-19(7)8-13-22(23)17(3)4/h8-14,16-18,25H,15H2,1-7H3,(H,26,27)/t25-/m0/s1. The second-order valence-electron chi connectivity index (χ2n) is 8.60. The fourth-order valence-corrected chi connectivity index (χ4v) is 3.33. The molecule has 0 spiro atoms. The van der Waals surface area contributed by atoms with Gasteiger partial charge in [0.2, 0.25) is 0 Å². The molecule has 28 heavy (non-hydrogen) atoms. The highest BCUT2D eigenvalue weighted by Crippen LogP contribution is 2.28. The van der Waals surface area contributed by atoms with Crippen LogP contribution in [0, 0.1) is 12.8 Å². The molecule has 0 radical (unpaired) electrons. The molecule has 1 N–H and O–H groups in total. The van der Waals surface area contributed by atoms with Gasteiger partial charge in [-0.15, -0.1) is 0 Å². The van der Waals surface area contributed by atoms with Gasteiger partial charge in [-0.05, 0) is 53.0 Å². The highest BCUT2D eigenvalue weighted by molar-refractivity contribution is 5.78. The van der Waals surface area contributed by atoms with E-state index >= 15 is 0 Å². The number of benzene rings is 2. The number of hydrogen-bond donors (Lipinski definition) is 1. The van der Waals surface area contributed by atoms with E-state index in [1.807, 2.05) is 13.0 Å². The van der Waals surface area contributed by atoms with Gasteiger partial charge >= 0.3 is 0 Å². The molecule has 0 aliphatic carbocycles. The molecule has 0 heterocycles. The first kappa shape index (κ1) is 22.0. The molecule has 1 atom stereocenters. The number of aryl methyl sites for hydroxylation is 1. The van der Waals surface area contributed by atoms with Crippen LogP contribution in [0.1, 0.15) is 81.7 Å². The van der Waals surface area contributed by atoms with Crippen molar-refractivity contribution >= 4 is 5.91 Å². The lowest BCUT2D eigenvalue weighted by Crippen LogP contribution is -2.35. The Kier molecular flexibility index (Phi) is 7.68. The zero-order chi connectivity index (χ0) is 20.8. The van der Waals surface area contributed by atoms with Crippen LogP contribution >= 0.6 is 0 Å². The summed E-state index contributed by atoms with van der Waals surface area (Å²) >= 11 is 0. The van der Waals surface area contributed by atoms with E-state index in [-0.39, 0.29) is 18.6 Å². The Morgan fingerprint density at radius 2 is 1.50 bits per heavy atom. The third-order valence-corrected chi connectivity index (χ3v) is 5.10. The second kappa shape index (κ2) is 9.77. The summed E-state index contributed by atoms with van der Waals surface area (Å²) in [7, 11) is 0. The maximum absolute atomic E-state index is 12.6. The van der Waals surface area contributed by atoms with Gasteiger partial charge < -0.3 is 10.1 Å². The first-order valence-corrected chi connectivity index (χ1v) is 10.3. The molecule has 2 rings (SSSR count). The predicted octanol–water partition coefficient (Wildman–Crippen LogP) is 6.13. The lowest BCUT2D eigenvalue weighted by Gasteiger charge is -2.24.